The van der Waals surface area contributed by atoms with E-state index in [9.17, 15) is 13.2 Å². The number of likely N-dealkylation sites (tertiary alicyclic amines) is 1. The molecule has 4 rings (SSSR count). The minimum Gasteiger partial charge on any atom is -0.423 e. The van der Waals surface area contributed by atoms with Crippen LogP contribution in [0.15, 0.2) is 6.07 Å². The topological polar surface area (TPSA) is 104 Å². The van der Waals surface area contributed by atoms with Crippen molar-refractivity contribution in [3.63, 3.8) is 0 Å². The van der Waals surface area contributed by atoms with Gasteiger partial charge in [0.1, 0.15) is 0 Å². The zero-order chi connectivity index (χ0) is 18.5. The first-order valence-corrected chi connectivity index (χ1v) is 10.6. The number of nitrogens with zero attached hydrogens (tertiary/aromatic N) is 2. The van der Waals surface area contributed by atoms with E-state index in [1.54, 1.807) is 11.8 Å². The molecule has 1 saturated heterocycles. The number of hydrogen-bond donors (Lipinski definition) is 2. The number of amides is 2. The molecule has 27 heavy (non-hydrogen) atoms. The molecular formula is C18H23KN4O3S. The zero-order valence-electron chi connectivity index (χ0n) is 15.8. The largest absolute Gasteiger partial charge is 1.00 e. The van der Waals surface area contributed by atoms with Gasteiger partial charge in [-0.1, -0.05) is 6.07 Å². The van der Waals surface area contributed by atoms with Gasteiger partial charge in [-0.05, 0) is 73.4 Å². The van der Waals surface area contributed by atoms with Crippen molar-refractivity contribution in [1.82, 2.24) is 4.90 Å². The van der Waals surface area contributed by atoms with Crippen molar-refractivity contribution in [3.8, 4) is 0 Å². The van der Waals surface area contributed by atoms with E-state index < -0.39 is 21.3 Å². The van der Waals surface area contributed by atoms with Crippen LogP contribution < -0.4 is 56.7 Å². The Morgan fingerprint density at radius 3 is 2.22 bits per heavy atom. The molecular weight excluding hydrogens is 391 g/mol. The molecule has 7 nitrogen and oxygen atoms in total. The van der Waals surface area contributed by atoms with Crippen LogP contribution in [0.2, 0.25) is 0 Å². The predicted octanol–water partition coefficient (Wildman–Crippen LogP) is -0.415. The Morgan fingerprint density at radius 1 is 1.15 bits per heavy atom. The van der Waals surface area contributed by atoms with Crippen LogP contribution in [0.5, 0.6) is 0 Å². The maximum atomic E-state index is 12.4. The summed E-state index contributed by atoms with van der Waals surface area (Å²) in [6.07, 6.45) is 6.00. The van der Waals surface area contributed by atoms with Gasteiger partial charge in [-0.2, -0.15) is 0 Å². The van der Waals surface area contributed by atoms with Crippen molar-refractivity contribution >= 4 is 27.6 Å². The Morgan fingerprint density at radius 2 is 1.70 bits per heavy atom. The molecule has 1 fully saturated rings. The SMILES string of the molecule is CC(=N)N1CC(S(=O)(=O)[N-]C(=O)Nc2c3c(cc4c2CCC4)CCC3)C1.[K+]. The summed E-state index contributed by atoms with van der Waals surface area (Å²) in [7, 11) is -3.86. The van der Waals surface area contributed by atoms with Gasteiger partial charge in [0.15, 0.2) is 16.1 Å². The number of anilines is 1. The Hall–Kier alpha value is -0.454. The van der Waals surface area contributed by atoms with Crippen LogP contribution in [-0.4, -0.2) is 43.5 Å². The van der Waals surface area contributed by atoms with E-state index in [0.717, 1.165) is 55.3 Å². The standard InChI is InChI=1S/C18H24N4O3S.K/c1-11(19)22-9-14(10-22)26(24,25)21-18(23)20-17-15-6-2-4-12(15)8-13-5-3-7-16(13)17;/h8,14,19H,2-7,9-10H2,1H3,(H2,20,21,23);/q;+1/p-1. The van der Waals surface area contributed by atoms with Gasteiger partial charge in [0, 0.05) is 13.1 Å². The third kappa shape index (κ3) is 4.13. The molecule has 2 N–H and O–H groups in total. The number of fused-ring (bicyclic) bond motifs is 2. The predicted molar refractivity (Wildman–Crippen MR) is 101 cm³/mol. The van der Waals surface area contributed by atoms with Crippen molar-refractivity contribution in [1.29, 1.82) is 5.41 Å². The molecule has 1 aromatic rings. The summed E-state index contributed by atoms with van der Waals surface area (Å²) in [5.74, 6) is 0.330. The first-order chi connectivity index (χ1) is 12.3. The molecule has 1 heterocycles. The van der Waals surface area contributed by atoms with Crippen LogP contribution in [0.4, 0.5) is 10.5 Å². The normalized spacial score (nSPS) is 18.2. The Kier molecular flexibility index (Phi) is 6.39. The molecule has 1 aromatic carbocycles. The van der Waals surface area contributed by atoms with Crippen molar-refractivity contribution in [2.75, 3.05) is 18.4 Å². The molecule has 2 aliphatic carbocycles. The number of urea groups is 1. The van der Waals surface area contributed by atoms with Crippen LogP contribution in [-0.2, 0) is 35.7 Å². The zero-order valence-corrected chi connectivity index (χ0v) is 19.8. The first kappa shape index (κ1) is 21.3. The summed E-state index contributed by atoms with van der Waals surface area (Å²) >= 11 is 0. The van der Waals surface area contributed by atoms with Gasteiger partial charge in [0.2, 0.25) is 0 Å². The smallest absolute Gasteiger partial charge is 0.423 e. The van der Waals surface area contributed by atoms with Crippen molar-refractivity contribution < 1.29 is 64.6 Å². The third-order valence-electron chi connectivity index (χ3n) is 5.66. The molecule has 0 aromatic heterocycles. The summed E-state index contributed by atoms with van der Waals surface area (Å²) in [6, 6.07) is 1.46. The molecule has 0 saturated carbocycles. The van der Waals surface area contributed by atoms with E-state index in [1.807, 2.05) is 0 Å². The number of benzene rings is 1. The van der Waals surface area contributed by atoms with E-state index in [4.69, 9.17) is 5.41 Å². The third-order valence-corrected chi connectivity index (χ3v) is 7.22. The molecule has 0 spiro atoms. The molecule has 0 unspecified atom stereocenters. The second-order valence-electron chi connectivity index (χ2n) is 7.38. The minimum atomic E-state index is -3.86. The van der Waals surface area contributed by atoms with Crippen molar-refractivity contribution in [3.05, 3.63) is 33.0 Å². The van der Waals surface area contributed by atoms with Gasteiger partial charge < -0.3 is 14.9 Å². The molecule has 2 amide bonds. The van der Waals surface area contributed by atoms with Gasteiger partial charge in [-0.3, -0.25) is 10.2 Å². The van der Waals surface area contributed by atoms with Crippen LogP contribution in [0, 0.1) is 5.41 Å². The van der Waals surface area contributed by atoms with E-state index in [-0.39, 0.29) is 64.5 Å². The second kappa shape index (κ2) is 8.12. The van der Waals surface area contributed by atoms with Gasteiger partial charge in [-0.25, -0.2) is 8.42 Å². The first-order valence-electron chi connectivity index (χ1n) is 9.09. The van der Waals surface area contributed by atoms with Crippen molar-refractivity contribution in [2.45, 2.75) is 50.7 Å². The van der Waals surface area contributed by atoms with Gasteiger partial charge >= 0.3 is 51.4 Å². The molecule has 1 aliphatic heterocycles. The number of aryl methyl sites for hydroxylation is 2. The van der Waals surface area contributed by atoms with Crippen LogP contribution >= 0.6 is 0 Å². The quantitative estimate of drug-likeness (QED) is 0.398. The average Bonchev–Trinajstić information content (AvgIpc) is 3.12. The molecule has 3 aliphatic rings. The fourth-order valence-corrected chi connectivity index (χ4v) is 5.35. The van der Waals surface area contributed by atoms with Gasteiger partial charge in [0.25, 0.3) is 0 Å². The Bertz CT molecular complexity index is 862. The van der Waals surface area contributed by atoms with Crippen molar-refractivity contribution in [2.24, 2.45) is 0 Å². The van der Waals surface area contributed by atoms with Crippen LogP contribution in [0.1, 0.15) is 42.0 Å². The fraction of sp³-hybridized carbons (Fsp3) is 0.556. The summed E-state index contributed by atoms with van der Waals surface area (Å²) in [5.41, 5.74) is 5.67. The monoisotopic (exact) mass is 414 g/mol. The molecule has 9 heteroatoms. The molecule has 0 atom stereocenters. The molecule has 140 valence electrons. The molecule has 0 bridgehead atoms. The van der Waals surface area contributed by atoms with Crippen LogP contribution in [0.25, 0.3) is 4.72 Å². The second-order valence-corrected chi connectivity index (χ2v) is 9.26. The van der Waals surface area contributed by atoms with Gasteiger partial charge in [0.05, 0.1) is 11.1 Å². The number of hydrogen-bond acceptors (Lipinski definition) is 4. The number of carbonyl (C=O) groups excluding carboxylic acids is 1. The van der Waals surface area contributed by atoms with E-state index in [2.05, 4.69) is 16.1 Å². The number of carbonyl (C=O) groups is 1. The maximum Gasteiger partial charge on any atom is 1.00 e. The average molecular weight is 415 g/mol. The van der Waals surface area contributed by atoms with E-state index in [1.165, 1.54) is 11.1 Å². The summed E-state index contributed by atoms with van der Waals surface area (Å²) < 4.78 is 28.1. The number of amidine groups is 1. The summed E-state index contributed by atoms with van der Waals surface area (Å²) in [5, 5.41) is 9.59. The summed E-state index contributed by atoms with van der Waals surface area (Å²) in [6.45, 7) is 2.07. The number of rotatable bonds is 3. The number of nitrogens with one attached hydrogen (secondary N) is 2. The van der Waals surface area contributed by atoms with E-state index in [0.29, 0.717) is 5.84 Å². The Labute approximate surface area is 202 Å². The van der Waals surface area contributed by atoms with Crippen LogP contribution in [0.3, 0.4) is 0 Å². The maximum absolute atomic E-state index is 12.4. The Balaban J connectivity index is 0.00000210. The van der Waals surface area contributed by atoms with E-state index >= 15 is 0 Å². The molecule has 0 radical (unpaired) electrons. The number of sulfonamides is 1. The fourth-order valence-electron chi connectivity index (χ4n) is 4.19. The minimum absolute atomic E-state index is 0. The summed E-state index contributed by atoms with van der Waals surface area (Å²) in [4.78, 5) is 14.0. The van der Waals surface area contributed by atoms with Gasteiger partial charge in [-0.15, -0.1) is 0 Å².